The normalized spacial score (nSPS) is 23.6. The van der Waals surface area contributed by atoms with Crippen LogP contribution >= 0.6 is 12.4 Å². The van der Waals surface area contributed by atoms with Gasteiger partial charge in [-0.1, -0.05) is 25.7 Å². The average Bonchev–Trinajstić information content (AvgIpc) is 3.20. The molecule has 3 fully saturated rings. The maximum Gasteiger partial charge on any atom is 0.230 e. The van der Waals surface area contributed by atoms with Crippen molar-refractivity contribution in [2.24, 2.45) is 17.1 Å². The van der Waals surface area contributed by atoms with Crippen LogP contribution in [0, 0.1) is 11.3 Å². The molecular formula is C19H34ClN3O3. The molecule has 2 heterocycles. The Labute approximate surface area is 163 Å². The van der Waals surface area contributed by atoms with Gasteiger partial charge in [0, 0.05) is 52.4 Å². The maximum atomic E-state index is 13.0. The van der Waals surface area contributed by atoms with Gasteiger partial charge in [-0.25, -0.2) is 0 Å². The van der Waals surface area contributed by atoms with Crippen molar-refractivity contribution in [3.05, 3.63) is 0 Å². The molecule has 2 saturated heterocycles. The number of hydrogen-bond donors (Lipinski definition) is 1. The lowest BCUT2D eigenvalue weighted by molar-refractivity contribution is -0.151. The molecule has 1 aliphatic carbocycles. The first-order chi connectivity index (χ1) is 12.1. The zero-order valence-corrected chi connectivity index (χ0v) is 16.6. The van der Waals surface area contributed by atoms with Crippen LogP contribution in [0.25, 0.3) is 0 Å². The van der Waals surface area contributed by atoms with Gasteiger partial charge < -0.3 is 20.3 Å². The van der Waals surface area contributed by atoms with E-state index >= 15 is 0 Å². The first-order valence-corrected chi connectivity index (χ1v) is 9.99. The quantitative estimate of drug-likeness (QED) is 0.780. The SMILES string of the molecule is Cl.NCC1(C(=O)N2CCN(C(=O)CCC3CCCC3)CC2)CCOCC1. The Bertz CT molecular complexity index is 469. The summed E-state index contributed by atoms with van der Waals surface area (Å²) < 4.78 is 5.40. The van der Waals surface area contributed by atoms with Gasteiger partial charge in [-0.05, 0) is 25.2 Å². The highest BCUT2D eigenvalue weighted by atomic mass is 35.5. The van der Waals surface area contributed by atoms with Gasteiger partial charge >= 0.3 is 0 Å². The summed E-state index contributed by atoms with van der Waals surface area (Å²) in [4.78, 5) is 29.3. The Balaban J connectivity index is 0.00000243. The number of carbonyl (C=O) groups is 2. The summed E-state index contributed by atoms with van der Waals surface area (Å²) in [5.41, 5.74) is 5.50. The van der Waals surface area contributed by atoms with Crippen molar-refractivity contribution in [1.29, 1.82) is 0 Å². The molecule has 150 valence electrons. The Hall–Kier alpha value is -0.850. The summed E-state index contributed by atoms with van der Waals surface area (Å²) in [6.07, 6.45) is 8.37. The molecule has 0 spiro atoms. The maximum absolute atomic E-state index is 13.0. The number of nitrogens with zero attached hydrogens (tertiary/aromatic N) is 2. The molecule has 0 aromatic rings. The molecule has 7 heteroatoms. The summed E-state index contributed by atoms with van der Waals surface area (Å²) >= 11 is 0. The van der Waals surface area contributed by atoms with Crippen molar-refractivity contribution in [3.63, 3.8) is 0 Å². The number of hydrogen-bond acceptors (Lipinski definition) is 4. The number of ether oxygens (including phenoxy) is 1. The number of amides is 2. The van der Waals surface area contributed by atoms with Crippen molar-refractivity contribution < 1.29 is 14.3 Å². The Kier molecular flexibility index (Phi) is 8.17. The fourth-order valence-electron chi connectivity index (χ4n) is 4.55. The van der Waals surface area contributed by atoms with Crippen LogP contribution in [-0.2, 0) is 14.3 Å². The Morgan fingerprint density at radius 3 is 2.15 bits per heavy atom. The lowest BCUT2D eigenvalue weighted by Gasteiger charge is -2.42. The minimum atomic E-state index is -0.451. The van der Waals surface area contributed by atoms with E-state index in [2.05, 4.69) is 0 Å². The second-order valence-corrected chi connectivity index (χ2v) is 7.96. The number of nitrogens with two attached hydrogens (primary N) is 1. The molecule has 1 saturated carbocycles. The molecule has 2 amide bonds. The van der Waals surface area contributed by atoms with Crippen LogP contribution < -0.4 is 5.73 Å². The third kappa shape index (κ3) is 4.90. The second-order valence-electron chi connectivity index (χ2n) is 7.96. The molecule has 6 nitrogen and oxygen atoms in total. The van der Waals surface area contributed by atoms with Gasteiger partial charge in [-0.3, -0.25) is 9.59 Å². The van der Waals surface area contributed by atoms with Gasteiger partial charge in [-0.2, -0.15) is 0 Å². The van der Waals surface area contributed by atoms with Gasteiger partial charge in [0.25, 0.3) is 0 Å². The summed E-state index contributed by atoms with van der Waals surface area (Å²) in [6.45, 7) is 4.20. The molecule has 26 heavy (non-hydrogen) atoms. The fourth-order valence-corrected chi connectivity index (χ4v) is 4.55. The van der Waals surface area contributed by atoms with E-state index in [1.165, 1.54) is 25.7 Å². The van der Waals surface area contributed by atoms with Crippen molar-refractivity contribution in [2.45, 2.75) is 51.4 Å². The molecular weight excluding hydrogens is 354 g/mol. The number of rotatable bonds is 5. The van der Waals surface area contributed by atoms with E-state index in [0.29, 0.717) is 65.2 Å². The molecule has 3 aliphatic rings. The molecule has 0 bridgehead atoms. The van der Waals surface area contributed by atoms with E-state index < -0.39 is 5.41 Å². The lowest BCUT2D eigenvalue weighted by atomic mass is 9.78. The van der Waals surface area contributed by atoms with Gasteiger partial charge in [0.1, 0.15) is 0 Å². The van der Waals surface area contributed by atoms with E-state index in [0.717, 1.165) is 12.3 Å². The monoisotopic (exact) mass is 387 g/mol. The summed E-state index contributed by atoms with van der Waals surface area (Å²) in [5.74, 6) is 1.18. The standard InChI is InChI=1S/C19H33N3O3.ClH/c20-15-19(7-13-25-14-8-19)18(24)22-11-9-21(10-12-22)17(23)6-5-16-3-1-2-4-16;/h16H,1-15,20H2;1H. The largest absolute Gasteiger partial charge is 0.381 e. The van der Waals surface area contributed by atoms with Crippen molar-refractivity contribution >= 4 is 24.2 Å². The summed E-state index contributed by atoms with van der Waals surface area (Å²) in [7, 11) is 0. The number of halogens is 1. The van der Waals surface area contributed by atoms with Gasteiger partial charge in [0.15, 0.2) is 0 Å². The summed E-state index contributed by atoms with van der Waals surface area (Å²) in [5, 5.41) is 0. The molecule has 0 atom stereocenters. The van der Waals surface area contributed by atoms with Crippen molar-refractivity contribution in [1.82, 2.24) is 9.80 Å². The minimum Gasteiger partial charge on any atom is -0.381 e. The van der Waals surface area contributed by atoms with Crippen LogP contribution in [-0.4, -0.2) is 67.6 Å². The van der Waals surface area contributed by atoms with E-state index in [1.807, 2.05) is 9.80 Å². The molecule has 0 unspecified atom stereocenters. The highest BCUT2D eigenvalue weighted by molar-refractivity contribution is 5.85. The molecule has 0 radical (unpaired) electrons. The first kappa shape index (κ1) is 21.5. The van der Waals surface area contributed by atoms with Crippen LogP contribution in [0.1, 0.15) is 51.4 Å². The molecule has 2 aliphatic heterocycles. The van der Waals surface area contributed by atoms with Gasteiger partial charge in [0.2, 0.25) is 11.8 Å². The van der Waals surface area contributed by atoms with E-state index in [1.54, 1.807) is 0 Å². The number of piperazine rings is 1. The van der Waals surface area contributed by atoms with Crippen LogP contribution in [0.4, 0.5) is 0 Å². The van der Waals surface area contributed by atoms with Crippen molar-refractivity contribution in [3.8, 4) is 0 Å². The zero-order valence-electron chi connectivity index (χ0n) is 15.8. The molecule has 0 aromatic carbocycles. The highest BCUT2D eigenvalue weighted by Crippen LogP contribution is 2.32. The Morgan fingerprint density at radius 2 is 1.58 bits per heavy atom. The van der Waals surface area contributed by atoms with Crippen LogP contribution in [0.3, 0.4) is 0 Å². The predicted molar refractivity (Wildman–Crippen MR) is 103 cm³/mol. The molecule has 0 aromatic heterocycles. The summed E-state index contributed by atoms with van der Waals surface area (Å²) in [6, 6.07) is 0. The number of carbonyl (C=O) groups excluding carboxylic acids is 2. The zero-order chi connectivity index (χ0) is 17.7. The van der Waals surface area contributed by atoms with Gasteiger partial charge in [0.05, 0.1) is 5.41 Å². The molecule has 2 N–H and O–H groups in total. The van der Waals surface area contributed by atoms with Crippen molar-refractivity contribution in [2.75, 3.05) is 45.9 Å². The smallest absolute Gasteiger partial charge is 0.230 e. The van der Waals surface area contributed by atoms with Crippen LogP contribution in [0.5, 0.6) is 0 Å². The van der Waals surface area contributed by atoms with Crippen LogP contribution in [0.15, 0.2) is 0 Å². The van der Waals surface area contributed by atoms with E-state index in [9.17, 15) is 9.59 Å². The third-order valence-corrected chi connectivity index (χ3v) is 6.46. The predicted octanol–water partition coefficient (Wildman–Crippen LogP) is 1.80. The topological polar surface area (TPSA) is 75.9 Å². The van der Waals surface area contributed by atoms with E-state index in [4.69, 9.17) is 10.5 Å². The van der Waals surface area contributed by atoms with Crippen LogP contribution in [0.2, 0.25) is 0 Å². The Morgan fingerprint density at radius 1 is 1.00 bits per heavy atom. The first-order valence-electron chi connectivity index (χ1n) is 9.99. The van der Waals surface area contributed by atoms with Gasteiger partial charge in [-0.15, -0.1) is 12.4 Å². The lowest BCUT2D eigenvalue weighted by Crippen LogP contribution is -2.57. The molecule has 3 rings (SSSR count). The third-order valence-electron chi connectivity index (χ3n) is 6.46. The average molecular weight is 388 g/mol. The van der Waals surface area contributed by atoms with E-state index in [-0.39, 0.29) is 24.2 Å². The highest BCUT2D eigenvalue weighted by Gasteiger charge is 2.42. The second kappa shape index (κ2) is 9.90. The minimum absolute atomic E-state index is 0. The fraction of sp³-hybridized carbons (Fsp3) is 0.895.